The van der Waals surface area contributed by atoms with Crippen LogP contribution in [0.15, 0.2) is 67.3 Å². The van der Waals surface area contributed by atoms with Gasteiger partial charge >= 0.3 is 11.8 Å². The number of hydrogen-bond acceptors (Lipinski definition) is 6. The molecule has 0 aliphatic carbocycles. The van der Waals surface area contributed by atoms with E-state index in [0.717, 1.165) is 11.1 Å². The number of benzene rings is 1. The SMILES string of the molecule is Nc1ncc(NC(=O)C(=O)N(Cc2ccccc2)Cc2ccncc2)c2[nH]ncc12. The van der Waals surface area contributed by atoms with E-state index < -0.39 is 11.8 Å². The van der Waals surface area contributed by atoms with Crippen LogP contribution in [0.1, 0.15) is 11.1 Å². The summed E-state index contributed by atoms with van der Waals surface area (Å²) < 4.78 is 0. The molecule has 0 saturated heterocycles. The average Bonchev–Trinajstić information content (AvgIpc) is 3.27. The Morgan fingerprint density at radius 3 is 2.43 bits per heavy atom. The van der Waals surface area contributed by atoms with Crippen LogP contribution in [0.4, 0.5) is 11.5 Å². The van der Waals surface area contributed by atoms with Gasteiger partial charge in [0.15, 0.2) is 0 Å². The highest BCUT2D eigenvalue weighted by atomic mass is 16.2. The molecule has 9 heteroatoms. The first-order chi connectivity index (χ1) is 14.6. The zero-order valence-electron chi connectivity index (χ0n) is 15.9. The van der Waals surface area contributed by atoms with Crippen LogP contribution in [-0.4, -0.2) is 36.9 Å². The third-order valence-electron chi connectivity index (χ3n) is 4.59. The van der Waals surface area contributed by atoms with Gasteiger partial charge in [-0.2, -0.15) is 5.10 Å². The second-order valence-corrected chi connectivity index (χ2v) is 6.67. The molecule has 0 fully saturated rings. The van der Waals surface area contributed by atoms with Crippen molar-refractivity contribution in [3.05, 3.63) is 78.4 Å². The standard InChI is InChI=1S/C21H19N7O2/c22-19-16-10-25-27-18(16)17(11-24-19)26-20(29)21(30)28(12-14-4-2-1-3-5-14)13-15-6-8-23-9-7-15/h1-11H,12-13H2,(H2,22,24)(H,25,27)(H,26,29). The number of hydrogen-bond donors (Lipinski definition) is 3. The Labute approximate surface area is 171 Å². The normalized spacial score (nSPS) is 10.7. The maximum absolute atomic E-state index is 13.0. The van der Waals surface area contributed by atoms with Crippen LogP contribution in [0.5, 0.6) is 0 Å². The second-order valence-electron chi connectivity index (χ2n) is 6.67. The molecule has 0 bridgehead atoms. The van der Waals surface area contributed by atoms with Crippen LogP contribution in [0.2, 0.25) is 0 Å². The van der Waals surface area contributed by atoms with Gasteiger partial charge in [0.25, 0.3) is 0 Å². The molecule has 3 aromatic heterocycles. The molecule has 0 unspecified atom stereocenters. The van der Waals surface area contributed by atoms with Crippen molar-refractivity contribution < 1.29 is 9.59 Å². The third kappa shape index (κ3) is 4.09. The number of aromatic amines is 1. The van der Waals surface area contributed by atoms with E-state index in [2.05, 4.69) is 25.5 Å². The molecule has 30 heavy (non-hydrogen) atoms. The van der Waals surface area contributed by atoms with E-state index in [1.165, 1.54) is 17.3 Å². The van der Waals surface area contributed by atoms with Gasteiger partial charge in [-0.3, -0.25) is 19.7 Å². The summed E-state index contributed by atoms with van der Waals surface area (Å²) in [6.07, 6.45) is 6.21. The molecule has 4 N–H and O–H groups in total. The summed E-state index contributed by atoms with van der Waals surface area (Å²) in [6, 6.07) is 13.1. The minimum atomic E-state index is -0.776. The van der Waals surface area contributed by atoms with Crippen molar-refractivity contribution in [3.63, 3.8) is 0 Å². The molecule has 9 nitrogen and oxygen atoms in total. The number of carbonyl (C=O) groups is 2. The molecule has 2 amide bonds. The molecular formula is C21H19N7O2. The van der Waals surface area contributed by atoms with Crippen LogP contribution in [0.25, 0.3) is 10.9 Å². The fraction of sp³-hybridized carbons (Fsp3) is 0.0952. The molecule has 0 radical (unpaired) electrons. The van der Waals surface area contributed by atoms with Gasteiger partial charge in [-0.1, -0.05) is 30.3 Å². The van der Waals surface area contributed by atoms with E-state index in [9.17, 15) is 9.59 Å². The van der Waals surface area contributed by atoms with Crippen molar-refractivity contribution in [2.75, 3.05) is 11.1 Å². The van der Waals surface area contributed by atoms with Crippen molar-refractivity contribution in [2.45, 2.75) is 13.1 Å². The first-order valence-corrected chi connectivity index (χ1v) is 9.22. The predicted molar refractivity (Wildman–Crippen MR) is 112 cm³/mol. The first kappa shape index (κ1) is 19.1. The van der Waals surface area contributed by atoms with Gasteiger partial charge in [-0.05, 0) is 23.3 Å². The lowest BCUT2D eigenvalue weighted by Gasteiger charge is -2.22. The zero-order valence-corrected chi connectivity index (χ0v) is 15.9. The number of nitrogens with two attached hydrogens (primary N) is 1. The lowest BCUT2D eigenvalue weighted by atomic mass is 10.2. The van der Waals surface area contributed by atoms with Gasteiger partial charge in [0, 0.05) is 25.5 Å². The predicted octanol–water partition coefficient (Wildman–Crippen LogP) is 2.10. The first-order valence-electron chi connectivity index (χ1n) is 9.22. The van der Waals surface area contributed by atoms with Gasteiger partial charge < -0.3 is 16.0 Å². The van der Waals surface area contributed by atoms with Crippen LogP contribution in [0.3, 0.4) is 0 Å². The molecule has 0 spiro atoms. The van der Waals surface area contributed by atoms with Gasteiger partial charge in [0.1, 0.15) is 5.82 Å². The van der Waals surface area contributed by atoms with Crippen LogP contribution >= 0.6 is 0 Å². The maximum Gasteiger partial charge on any atom is 0.314 e. The van der Waals surface area contributed by atoms with Gasteiger partial charge in [-0.25, -0.2) is 4.98 Å². The van der Waals surface area contributed by atoms with Crippen molar-refractivity contribution >= 4 is 34.2 Å². The van der Waals surface area contributed by atoms with E-state index in [-0.39, 0.29) is 18.9 Å². The van der Waals surface area contributed by atoms with Crippen LogP contribution in [-0.2, 0) is 22.7 Å². The highest BCUT2D eigenvalue weighted by molar-refractivity contribution is 6.40. The number of aromatic nitrogens is 4. The molecule has 0 aliphatic heterocycles. The fourth-order valence-electron chi connectivity index (χ4n) is 3.08. The molecule has 0 saturated carbocycles. The number of nitrogens with zero attached hydrogens (tertiary/aromatic N) is 4. The summed E-state index contributed by atoms with van der Waals surface area (Å²) in [5, 5.41) is 9.88. The number of H-pyrrole nitrogens is 1. The summed E-state index contributed by atoms with van der Waals surface area (Å²) >= 11 is 0. The van der Waals surface area contributed by atoms with E-state index in [4.69, 9.17) is 5.73 Å². The number of rotatable bonds is 5. The lowest BCUT2D eigenvalue weighted by molar-refractivity contribution is -0.144. The maximum atomic E-state index is 13.0. The fourth-order valence-corrected chi connectivity index (χ4v) is 3.08. The van der Waals surface area contributed by atoms with Crippen molar-refractivity contribution in [3.8, 4) is 0 Å². The molecule has 4 aromatic rings. The number of nitrogen functional groups attached to an aromatic ring is 1. The zero-order chi connectivity index (χ0) is 20.9. The van der Waals surface area contributed by atoms with E-state index >= 15 is 0 Å². The molecule has 0 aliphatic rings. The summed E-state index contributed by atoms with van der Waals surface area (Å²) in [7, 11) is 0. The summed E-state index contributed by atoms with van der Waals surface area (Å²) in [5.74, 6) is -1.16. The largest absolute Gasteiger partial charge is 0.383 e. The molecule has 150 valence electrons. The summed E-state index contributed by atoms with van der Waals surface area (Å²) in [4.78, 5) is 35.3. The molecular weight excluding hydrogens is 382 g/mol. The molecule has 1 aromatic carbocycles. The Morgan fingerprint density at radius 1 is 1.00 bits per heavy atom. The number of fused-ring (bicyclic) bond motifs is 1. The smallest absolute Gasteiger partial charge is 0.314 e. The Hall–Kier alpha value is -4.27. The quantitative estimate of drug-likeness (QED) is 0.439. The van der Waals surface area contributed by atoms with Gasteiger partial charge in [-0.15, -0.1) is 0 Å². The number of amides is 2. The van der Waals surface area contributed by atoms with Gasteiger partial charge in [0.05, 0.1) is 29.0 Å². The minimum absolute atomic E-state index is 0.267. The topological polar surface area (TPSA) is 130 Å². The molecule has 0 atom stereocenters. The summed E-state index contributed by atoms with van der Waals surface area (Å²) in [5.41, 5.74) is 8.44. The lowest BCUT2D eigenvalue weighted by Crippen LogP contribution is -2.39. The van der Waals surface area contributed by atoms with Gasteiger partial charge in [0.2, 0.25) is 0 Å². The number of anilines is 2. The van der Waals surface area contributed by atoms with Crippen molar-refractivity contribution in [2.24, 2.45) is 0 Å². The monoisotopic (exact) mass is 401 g/mol. The Balaban J connectivity index is 1.57. The third-order valence-corrected chi connectivity index (χ3v) is 4.59. The molecule has 4 rings (SSSR count). The number of pyridine rings is 2. The second kappa shape index (κ2) is 8.39. The van der Waals surface area contributed by atoms with Crippen molar-refractivity contribution in [1.82, 2.24) is 25.1 Å². The highest BCUT2D eigenvalue weighted by Crippen LogP contribution is 2.24. The minimum Gasteiger partial charge on any atom is -0.383 e. The van der Waals surface area contributed by atoms with Crippen LogP contribution in [0, 0.1) is 0 Å². The Kier molecular flexibility index (Phi) is 5.33. The van der Waals surface area contributed by atoms with E-state index in [1.807, 2.05) is 30.3 Å². The number of carbonyl (C=O) groups excluding carboxylic acids is 2. The van der Waals surface area contributed by atoms with Crippen molar-refractivity contribution in [1.29, 1.82) is 0 Å². The van der Waals surface area contributed by atoms with Crippen LogP contribution < -0.4 is 11.1 Å². The average molecular weight is 401 g/mol. The number of nitrogens with one attached hydrogen (secondary N) is 2. The Morgan fingerprint density at radius 2 is 1.70 bits per heavy atom. The summed E-state index contributed by atoms with van der Waals surface area (Å²) in [6.45, 7) is 0.554. The Bertz CT molecular complexity index is 1130. The molecule has 3 heterocycles. The highest BCUT2D eigenvalue weighted by Gasteiger charge is 2.23. The van der Waals surface area contributed by atoms with E-state index in [0.29, 0.717) is 16.6 Å². The van der Waals surface area contributed by atoms with E-state index in [1.54, 1.807) is 24.5 Å².